The summed E-state index contributed by atoms with van der Waals surface area (Å²) in [6.07, 6.45) is 0. The van der Waals surface area contributed by atoms with Crippen molar-refractivity contribution in [2.24, 2.45) is 0 Å². The van der Waals surface area contributed by atoms with Crippen molar-refractivity contribution in [2.75, 3.05) is 0 Å². The molecule has 0 bridgehead atoms. The van der Waals surface area contributed by atoms with Gasteiger partial charge < -0.3 is 4.57 Å². The van der Waals surface area contributed by atoms with E-state index in [0.717, 1.165) is 43.2 Å². The first-order chi connectivity index (χ1) is 22.8. The quantitative estimate of drug-likeness (QED) is 0.195. The van der Waals surface area contributed by atoms with Crippen LogP contribution in [0.15, 0.2) is 152 Å². The average Bonchev–Trinajstić information content (AvgIpc) is 3.72. The molecular formula is C40H25N5S. The smallest absolute Gasteiger partial charge is 0.164 e. The van der Waals surface area contributed by atoms with Crippen LogP contribution in [0.4, 0.5) is 0 Å². The van der Waals surface area contributed by atoms with E-state index in [-0.39, 0.29) is 0 Å². The summed E-state index contributed by atoms with van der Waals surface area (Å²) < 4.78 is 3.41. The van der Waals surface area contributed by atoms with Gasteiger partial charge in [-0.05, 0) is 54.6 Å². The molecule has 5 nitrogen and oxygen atoms in total. The second-order valence-corrected chi connectivity index (χ2v) is 12.2. The highest BCUT2D eigenvalue weighted by molar-refractivity contribution is 7.21. The van der Waals surface area contributed by atoms with E-state index in [0.29, 0.717) is 17.5 Å². The number of hydrogen-bond donors (Lipinski definition) is 0. The van der Waals surface area contributed by atoms with Gasteiger partial charge in [0.05, 0.1) is 21.3 Å². The molecule has 0 saturated carbocycles. The number of rotatable bonds is 5. The lowest BCUT2D eigenvalue weighted by atomic mass is 10.1. The fourth-order valence-corrected chi connectivity index (χ4v) is 7.09. The van der Waals surface area contributed by atoms with Crippen LogP contribution >= 0.6 is 11.3 Å². The number of benzene rings is 6. The molecule has 0 saturated heterocycles. The van der Waals surface area contributed by atoms with Gasteiger partial charge >= 0.3 is 0 Å². The summed E-state index contributed by atoms with van der Waals surface area (Å²) in [5, 5.41) is 3.48. The number of aromatic nitrogens is 5. The van der Waals surface area contributed by atoms with Gasteiger partial charge in [-0.25, -0.2) is 19.9 Å². The summed E-state index contributed by atoms with van der Waals surface area (Å²) in [6.45, 7) is 0. The van der Waals surface area contributed by atoms with Crippen molar-refractivity contribution < 1.29 is 0 Å². The van der Waals surface area contributed by atoms with Crippen LogP contribution in [0.2, 0.25) is 0 Å². The van der Waals surface area contributed by atoms with Crippen LogP contribution in [-0.4, -0.2) is 24.5 Å². The molecule has 0 unspecified atom stereocenters. The molecule has 0 amide bonds. The standard InChI is InChI=1S/C40H25N5S/c1-3-11-26(12-4-1)37-42-38(44-39(43-37)29-21-24-33-36(25-29)46-40(41-33)28-13-5-2-6-14-28)27-19-22-30(23-20-27)45-34-17-9-7-15-31(34)32-16-8-10-18-35(32)45/h1-25H. The van der Waals surface area contributed by atoms with Gasteiger partial charge in [-0.1, -0.05) is 97.1 Å². The van der Waals surface area contributed by atoms with Crippen molar-refractivity contribution in [3.63, 3.8) is 0 Å². The van der Waals surface area contributed by atoms with E-state index in [1.54, 1.807) is 11.3 Å². The molecule has 0 fully saturated rings. The molecule has 0 aliphatic heterocycles. The van der Waals surface area contributed by atoms with Gasteiger partial charge in [-0.2, -0.15) is 0 Å². The van der Waals surface area contributed by atoms with Crippen molar-refractivity contribution >= 4 is 43.4 Å². The normalized spacial score (nSPS) is 11.5. The lowest BCUT2D eigenvalue weighted by molar-refractivity contribution is 1.07. The topological polar surface area (TPSA) is 56.5 Å². The van der Waals surface area contributed by atoms with Gasteiger partial charge in [0.15, 0.2) is 17.5 Å². The van der Waals surface area contributed by atoms with Crippen LogP contribution in [0.3, 0.4) is 0 Å². The highest BCUT2D eigenvalue weighted by Crippen LogP contribution is 2.35. The van der Waals surface area contributed by atoms with Crippen LogP contribution in [0.5, 0.6) is 0 Å². The maximum absolute atomic E-state index is 5.02. The molecule has 6 aromatic carbocycles. The Morgan fingerprint density at radius 3 is 1.54 bits per heavy atom. The van der Waals surface area contributed by atoms with Gasteiger partial charge in [0, 0.05) is 38.7 Å². The van der Waals surface area contributed by atoms with E-state index in [1.807, 2.05) is 48.5 Å². The Labute approximate surface area is 269 Å². The molecule has 0 aliphatic rings. The summed E-state index contributed by atoms with van der Waals surface area (Å²) in [6, 6.07) is 52.2. The molecular weight excluding hydrogens is 583 g/mol. The van der Waals surface area contributed by atoms with Crippen molar-refractivity contribution in [1.82, 2.24) is 24.5 Å². The molecule has 3 heterocycles. The highest BCUT2D eigenvalue weighted by atomic mass is 32.1. The van der Waals surface area contributed by atoms with Crippen molar-refractivity contribution in [1.29, 1.82) is 0 Å². The van der Waals surface area contributed by atoms with Crippen molar-refractivity contribution in [2.45, 2.75) is 0 Å². The first kappa shape index (κ1) is 26.4. The van der Waals surface area contributed by atoms with Gasteiger partial charge in [-0.15, -0.1) is 11.3 Å². The number of nitrogens with zero attached hydrogens (tertiary/aromatic N) is 5. The molecule has 6 heteroatoms. The zero-order valence-electron chi connectivity index (χ0n) is 24.6. The van der Waals surface area contributed by atoms with Gasteiger partial charge in [0.25, 0.3) is 0 Å². The summed E-state index contributed by atoms with van der Waals surface area (Å²) in [5.41, 5.74) is 8.32. The molecule has 0 aliphatic carbocycles. The van der Waals surface area contributed by atoms with E-state index < -0.39 is 0 Å². The lowest BCUT2D eigenvalue weighted by Crippen LogP contribution is -2.00. The molecule has 3 aromatic heterocycles. The Hall–Kier alpha value is -5.98. The van der Waals surface area contributed by atoms with Crippen LogP contribution < -0.4 is 0 Å². The molecule has 0 atom stereocenters. The van der Waals surface area contributed by atoms with E-state index in [4.69, 9.17) is 19.9 Å². The Bertz CT molecular complexity index is 2460. The predicted molar refractivity (Wildman–Crippen MR) is 189 cm³/mol. The first-order valence-electron chi connectivity index (χ1n) is 15.2. The predicted octanol–water partition coefficient (Wildman–Crippen LogP) is 10.2. The fraction of sp³-hybridized carbons (Fsp3) is 0. The maximum Gasteiger partial charge on any atom is 0.164 e. The largest absolute Gasteiger partial charge is 0.309 e. The molecule has 0 radical (unpaired) electrons. The Balaban J connectivity index is 1.15. The van der Waals surface area contributed by atoms with Crippen LogP contribution in [0.1, 0.15) is 0 Å². The average molecular weight is 608 g/mol. The first-order valence-corrected chi connectivity index (χ1v) is 16.0. The number of hydrogen-bond acceptors (Lipinski definition) is 5. The van der Waals surface area contributed by atoms with E-state index >= 15 is 0 Å². The van der Waals surface area contributed by atoms with Crippen molar-refractivity contribution in [3.05, 3.63) is 152 Å². The van der Waals surface area contributed by atoms with Crippen LogP contribution in [-0.2, 0) is 0 Å². The molecule has 0 N–H and O–H groups in total. The number of thiazole rings is 1. The molecule has 9 aromatic rings. The summed E-state index contributed by atoms with van der Waals surface area (Å²) in [7, 11) is 0. The minimum Gasteiger partial charge on any atom is -0.309 e. The van der Waals surface area contributed by atoms with E-state index in [9.17, 15) is 0 Å². The number of fused-ring (bicyclic) bond motifs is 4. The van der Waals surface area contributed by atoms with Crippen LogP contribution in [0, 0.1) is 0 Å². The third kappa shape index (κ3) is 4.55. The molecule has 216 valence electrons. The third-order valence-corrected chi connectivity index (χ3v) is 9.37. The van der Waals surface area contributed by atoms with Crippen LogP contribution in [0.25, 0.3) is 82.4 Å². The summed E-state index contributed by atoms with van der Waals surface area (Å²) in [4.78, 5) is 19.8. The third-order valence-electron chi connectivity index (χ3n) is 8.30. The minimum atomic E-state index is 0.631. The molecule has 0 spiro atoms. The van der Waals surface area contributed by atoms with Crippen molar-refractivity contribution in [3.8, 4) is 50.4 Å². The van der Waals surface area contributed by atoms with E-state index in [1.165, 1.54) is 21.8 Å². The fourth-order valence-electron chi connectivity index (χ4n) is 6.08. The van der Waals surface area contributed by atoms with E-state index in [2.05, 4.69) is 108 Å². The second-order valence-electron chi connectivity index (χ2n) is 11.2. The zero-order valence-corrected chi connectivity index (χ0v) is 25.4. The Morgan fingerprint density at radius 1 is 0.413 bits per heavy atom. The Morgan fingerprint density at radius 2 is 0.913 bits per heavy atom. The highest BCUT2D eigenvalue weighted by Gasteiger charge is 2.16. The lowest BCUT2D eigenvalue weighted by Gasteiger charge is -2.10. The molecule has 9 rings (SSSR count). The Kier molecular flexibility index (Phi) is 6.25. The minimum absolute atomic E-state index is 0.631. The molecule has 46 heavy (non-hydrogen) atoms. The van der Waals surface area contributed by atoms with Gasteiger partial charge in [0.2, 0.25) is 0 Å². The summed E-state index contributed by atoms with van der Waals surface area (Å²) in [5.74, 6) is 1.90. The SMILES string of the molecule is c1ccc(-c2nc(-c3ccc(-n4c5ccccc5c5ccccc54)cc3)nc(-c3ccc4nc(-c5ccccc5)sc4c3)n2)cc1. The van der Waals surface area contributed by atoms with Gasteiger partial charge in [0.1, 0.15) is 5.01 Å². The number of para-hydroxylation sites is 2. The summed E-state index contributed by atoms with van der Waals surface area (Å²) >= 11 is 1.68. The second kappa shape index (κ2) is 10.9. The monoisotopic (exact) mass is 607 g/mol. The zero-order chi connectivity index (χ0) is 30.5. The van der Waals surface area contributed by atoms with Gasteiger partial charge in [-0.3, -0.25) is 0 Å². The maximum atomic E-state index is 5.02.